The van der Waals surface area contributed by atoms with Crippen LogP contribution in [0, 0.1) is 0 Å². The van der Waals surface area contributed by atoms with Gasteiger partial charge in [0.25, 0.3) is 0 Å². The van der Waals surface area contributed by atoms with Crippen molar-refractivity contribution in [2.75, 3.05) is 12.4 Å². The molecule has 22 heavy (non-hydrogen) atoms. The molecule has 1 amide bonds. The number of carbonyl (C=O) groups is 2. The van der Waals surface area contributed by atoms with Gasteiger partial charge in [0.15, 0.2) is 5.78 Å². The lowest BCUT2D eigenvalue weighted by Gasteiger charge is -2.04. The van der Waals surface area contributed by atoms with Crippen molar-refractivity contribution in [3.8, 4) is 5.75 Å². The zero-order valence-corrected chi connectivity index (χ0v) is 12.5. The van der Waals surface area contributed by atoms with Gasteiger partial charge in [-0.15, -0.1) is 0 Å². The van der Waals surface area contributed by atoms with Crippen LogP contribution in [0.1, 0.15) is 22.8 Å². The summed E-state index contributed by atoms with van der Waals surface area (Å²) in [4.78, 5) is 23.3. The summed E-state index contributed by atoms with van der Waals surface area (Å²) in [5.41, 5.74) is 1.94. The van der Waals surface area contributed by atoms with Crippen LogP contribution in [-0.2, 0) is 4.79 Å². The van der Waals surface area contributed by atoms with E-state index in [9.17, 15) is 9.59 Å². The van der Waals surface area contributed by atoms with Crippen molar-refractivity contribution in [3.05, 3.63) is 65.7 Å². The van der Waals surface area contributed by atoms with E-state index in [1.807, 2.05) is 24.3 Å². The molecule has 4 heteroatoms. The molecule has 0 aliphatic carbocycles. The van der Waals surface area contributed by atoms with Gasteiger partial charge in [-0.2, -0.15) is 0 Å². The van der Waals surface area contributed by atoms with Crippen LogP contribution >= 0.6 is 0 Å². The van der Waals surface area contributed by atoms with Gasteiger partial charge in [-0.05, 0) is 30.4 Å². The fraction of sp³-hybridized carbons (Fsp3) is 0.111. The van der Waals surface area contributed by atoms with Crippen molar-refractivity contribution in [1.82, 2.24) is 0 Å². The number of carbonyl (C=O) groups excluding carboxylic acids is 2. The Morgan fingerprint density at radius 3 is 2.59 bits per heavy atom. The maximum atomic E-state index is 12.2. The first-order valence-electron chi connectivity index (χ1n) is 6.83. The number of hydrogen-bond acceptors (Lipinski definition) is 3. The molecule has 112 valence electrons. The third-order valence-electron chi connectivity index (χ3n) is 3.02. The van der Waals surface area contributed by atoms with Crippen LogP contribution in [0.25, 0.3) is 6.08 Å². The number of rotatable bonds is 5. The van der Waals surface area contributed by atoms with Crippen molar-refractivity contribution >= 4 is 23.5 Å². The summed E-state index contributed by atoms with van der Waals surface area (Å²) in [6.45, 7) is 1.43. The van der Waals surface area contributed by atoms with Gasteiger partial charge in [0.05, 0.1) is 7.11 Å². The molecule has 2 aromatic carbocycles. The average Bonchev–Trinajstić information content (AvgIpc) is 2.52. The van der Waals surface area contributed by atoms with E-state index in [1.54, 1.807) is 37.5 Å². The number of allylic oxidation sites excluding steroid dienone is 1. The number of nitrogens with one attached hydrogen (secondary N) is 1. The fourth-order valence-electron chi connectivity index (χ4n) is 2.02. The second-order valence-corrected chi connectivity index (χ2v) is 4.70. The molecule has 0 unspecified atom stereocenters. The highest BCUT2D eigenvalue weighted by molar-refractivity contribution is 6.07. The van der Waals surface area contributed by atoms with Crippen molar-refractivity contribution < 1.29 is 14.3 Å². The molecular weight excluding hydrogens is 278 g/mol. The highest BCUT2D eigenvalue weighted by Crippen LogP contribution is 2.19. The van der Waals surface area contributed by atoms with Gasteiger partial charge < -0.3 is 10.1 Å². The number of anilines is 1. The molecule has 0 bridgehead atoms. The predicted molar refractivity (Wildman–Crippen MR) is 87.1 cm³/mol. The lowest BCUT2D eigenvalue weighted by atomic mass is 10.1. The summed E-state index contributed by atoms with van der Waals surface area (Å²) in [6.07, 6.45) is 3.21. The first-order valence-corrected chi connectivity index (χ1v) is 6.83. The number of ether oxygens (including phenoxy) is 1. The molecule has 0 radical (unpaired) electrons. The van der Waals surface area contributed by atoms with Gasteiger partial charge in [-0.25, -0.2) is 0 Å². The lowest BCUT2D eigenvalue weighted by Crippen LogP contribution is -2.06. The summed E-state index contributed by atoms with van der Waals surface area (Å²) in [5.74, 6) is 0.394. The minimum Gasteiger partial charge on any atom is -0.496 e. The van der Waals surface area contributed by atoms with Crippen molar-refractivity contribution in [3.63, 3.8) is 0 Å². The number of hydrogen-bond donors (Lipinski definition) is 1. The molecule has 0 atom stereocenters. The van der Waals surface area contributed by atoms with Gasteiger partial charge in [0.1, 0.15) is 5.75 Å². The highest BCUT2D eigenvalue weighted by Gasteiger charge is 2.04. The van der Waals surface area contributed by atoms with Gasteiger partial charge in [0, 0.05) is 23.7 Å². The highest BCUT2D eigenvalue weighted by atomic mass is 16.5. The molecule has 2 rings (SSSR count). The standard InChI is InChI=1S/C18H17NO3/c1-13(20)19-16-8-5-7-15(12-16)17(21)11-10-14-6-3-4-9-18(14)22-2/h3-12H,1-2H3,(H,19,20). The molecule has 0 aliphatic heterocycles. The van der Waals surface area contributed by atoms with E-state index in [-0.39, 0.29) is 11.7 Å². The Kier molecular flexibility index (Phi) is 5.09. The minimum atomic E-state index is -0.172. The molecule has 0 heterocycles. The molecule has 0 spiro atoms. The van der Waals surface area contributed by atoms with Crippen LogP contribution in [-0.4, -0.2) is 18.8 Å². The number of methoxy groups -OCH3 is 1. The molecule has 2 aromatic rings. The molecule has 4 nitrogen and oxygen atoms in total. The molecule has 0 saturated heterocycles. The fourth-order valence-corrected chi connectivity index (χ4v) is 2.02. The van der Waals surface area contributed by atoms with Gasteiger partial charge in [-0.3, -0.25) is 9.59 Å². The Morgan fingerprint density at radius 2 is 1.86 bits per heavy atom. The largest absolute Gasteiger partial charge is 0.496 e. The molecular formula is C18H17NO3. The minimum absolute atomic E-state index is 0.141. The zero-order valence-electron chi connectivity index (χ0n) is 12.5. The molecule has 0 aromatic heterocycles. The first-order chi connectivity index (χ1) is 10.6. The van der Waals surface area contributed by atoms with E-state index in [0.717, 1.165) is 5.56 Å². The van der Waals surface area contributed by atoms with E-state index >= 15 is 0 Å². The number of ketones is 1. The first kappa shape index (κ1) is 15.5. The van der Waals surface area contributed by atoms with Gasteiger partial charge in [-0.1, -0.05) is 30.3 Å². The third-order valence-corrected chi connectivity index (χ3v) is 3.02. The summed E-state index contributed by atoms with van der Waals surface area (Å²) >= 11 is 0. The van der Waals surface area contributed by atoms with Crippen LogP contribution in [0.3, 0.4) is 0 Å². The van der Waals surface area contributed by atoms with Crippen LogP contribution in [0.5, 0.6) is 5.75 Å². The molecule has 0 fully saturated rings. The predicted octanol–water partition coefficient (Wildman–Crippen LogP) is 3.55. The maximum Gasteiger partial charge on any atom is 0.221 e. The average molecular weight is 295 g/mol. The molecule has 1 N–H and O–H groups in total. The van der Waals surface area contributed by atoms with Gasteiger partial charge in [0.2, 0.25) is 5.91 Å². The number of amides is 1. The Bertz CT molecular complexity index is 720. The lowest BCUT2D eigenvalue weighted by molar-refractivity contribution is -0.114. The van der Waals surface area contributed by atoms with E-state index in [0.29, 0.717) is 17.0 Å². The zero-order chi connectivity index (χ0) is 15.9. The second-order valence-electron chi connectivity index (χ2n) is 4.70. The molecule has 0 aliphatic rings. The summed E-state index contributed by atoms with van der Waals surface area (Å²) < 4.78 is 5.24. The monoisotopic (exact) mass is 295 g/mol. The molecule has 0 saturated carbocycles. The second kappa shape index (κ2) is 7.22. The number of benzene rings is 2. The maximum absolute atomic E-state index is 12.2. The normalized spacial score (nSPS) is 10.5. The quantitative estimate of drug-likeness (QED) is 0.678. The van der Waals surface area contributed by atoms with E-state index < -0.39 is 0 Å². The Labute approximate surface area is 129 Å². The van der Waals surface area contributed by atoms with Crippen LogP contribution < -0.4 is 10.1 Å². The summed E-state index contributed by atoms with van der Waals surface area (Å²) in [5, 5.41) is 2.66. The van der Waals surface area contributed by atoms with E-state index in [1.165, 1.54) is 13.0 Å². The summed E-state index contributed by atoms with van der Waals surface area (Å²) in [6, 6.07) is 14.3. The van der Waals surface area contributed by atoms with E-state index in [4.69, 9.17) is 4.74 Å². The third kappa shape index (κ3) is 4.06. The van der Waals surface area contributed by atoms with Crippen molar-refractivity contribution in [2.24, 2.45) is 0 Å². The van der Waals surface area contributed by atoms with Crippen LogP contribution in [0.2, 0.25) is 0 Å². The smallest absolute Gasteiger partial charge is 0.221 e. The Hall–Kier alpha value is -2.88. The Balaban J connectivity index is 2.18. The number of para-hydroxylation sites is 1. The van der Waals surface area contributed by atoms with Crippen molar-refractivity contribution in [2.45, 2.75) is 6.92 Å². The van der Waals surface area contributed by atoms with E-state index in [2.05, 4.69) is 5.32 Å². The SMILES string of the molecule is COc1ccccc1C=CC(=O)c1cccc(NC(C)=O)c1. The topological polar surface area (TPSA) is 55.4 Å². The van der Waals surface area contributed by atoms with Crippen LogP contribution in [0.4, 0.5) is 5.69 Å². The van der Waals surface area contributed by atoms with Crippen molar-refractivity contribution in [1.29, 1.82) is 0 Å². The van der Waals surface area contributed by atoms with Gasteiger partial charge >= 0.3 is 0 Å². The Morgan fingerprint density at radius 1 is 1.09 bits per heavy atom. The summed E-state index contributed by atoms with van der Waals surface area (Å²) in [7, 11) is 1.59. The van der Waals surface area contributed by atoms with Crippen LogP contribution in [0.15, 0.2) is 54.6 Å².